The monoisotopic (exact) mass is 383 g/mol. The Labute approximate surface area is 142 Å². The predicted octanol–water partition coefficient (Wildman–Crippen LogP) is 2.55. The highest BCUT2D eigenvalue weighted by Gasteiger charge is 2.54. The Hall–Kier alpha value is -1.83. The van der Waals surface area contributed by atoms with Gasteiger partial charge in [0, 0.05) is 23.6 Å². The van der Waals surface area contributed by atoms with Crippen LogP contribution in [0.5, 0.6) is 5.88 Å². The van der Waals surface area contributed by atoms with Gasteiger partial charge in [-0.3, -0.25) is 4.79 Å². The van der Waals surface area contributed by atoms with Crippen LogP contribution in [0.2, 0.25) is 0 Å². The Morgan fingerprint density at radius 2 is 2.26 bits per heavy atom. The molecule has 1 aromatic heterocycles. The molecule has 0 bridgehead atoms. The van der Waals surface area contributed by atoms with Gasteiger partial charge in [-0.05, 0) is 42.8 Å². The number of imide groups is 1. The quantitative estimate of drug-likeness (QED) is 0.741. The summed E-state index contributed by atoms with van der Waals surface area (Å²) in [5.41, 5.74) is -1.04. The third-order valence-electron chi connectivity index (χ3n) is 3.66. The number of fused-ring (bicyclic) bond motifs is 1. The zero-order chi connectivity index (χ0) is 16.8. The van der Waals surface area contributed by atoms with E-state index in [1.54, 1.807) is 27.0 Å². The van der Waals surface area contributed by atoms with E-state index in [0.29, 0.717) is 18.0 Å². The number of carbonyl (C=O) groups is 2. The first-order valence-corrected chi connectivity index (χ1v) is 8.13. The van der Waals surface area contributed by atoms with Crippen molar-refractivity contribution in [3.8, 4) is 5.88 Å². The van der Waals surface area contributed by atoms with Gasteiger partial charge in [-0.2, -0.15) is 0 Å². The van der Waals surface area contributed by atoms with E-state index in [1.807, 2.05) is 6.07 Å². The van der Waals surface area contributed by atoms with Crippen molar-refractivity contribution in [3.63, 3.8) is 0 Å². The van der Waals surface area contributed by atoms with Gasteiger partial charge >= 0.3 is 6.09 Å². The molecule has 1 spiro atoms. The van der Waals surface area contributed by atoms with Crippen molar-refractivity contribution in [1.82, 2.24) is 9.88 Å². The highest BCUT2D eigenvalue weighted by atomic mass is 79.9. The summed E-state index contributed by atoms with van der Waals surface area (Å²) in [7, 11) is 0. The summed E-state index contributed by atoms with van der Waals surface area (Å²) in [5.74, 6) is -0.0338. The number of nitrogens with zero attached hydrogens (tertiary/aromatic N) is 2. The van der Waals surface area contributed by atoms with E-state index >= 15 is 0 Å². The number of likely N-dealkylation sites (tertiary alicyclic amines) is 1. The maximum Gasteiger partial charge on any atom is 0.417 e. The minimum atomic E-state index is -1.11. The van der Waals surface area contributed by atoms with Gasteiger partial charge in [-0.25, -0.2) is 14.7 Å². The van der Waals surface area contributed by atoms with E-state index in [1.165, 1.54) is 0 Å². The maximum absolute atomic E-state index is 12.7. The summed E-state index contributed by atoms with van der Waals surface area (Å²) >= 11 is 3.34. The molecule has 0 radical (unpaired) electrons. The van der Waals surface area contributed by atoms with Gasteiger partial charge in [-0.1, -0.05) is 0 Å². The number of ether oxygens (including phenoxy) is 2. The minimum Gasteiger partial charge on any atom is -0.457 e. The highest BCUT2D eigenvalue weighted by molar-refractivity contribution is 9.10. The van der Waals surface area contributed by atoms with Crippen LogP contribution < -0.4 is 10.1 Å². The first-order chi connectivity index (χ1) is 10.7. The third-order valence-corrected chi connectivity index (χ3v) is 4.10. The topological polar surface area (TPSA) is 80.8 Å². The van der Waals surface area contributed by atoms with Crippen molar-refractivity contribution in [3.05, 3.63) is 16.7 Å². The molecular weight excluding hydrogens is 366 g/mol. The second kappa shape index (κ2) is 5.36. The molecule has 124 valence electrons. The third kappa shape index (κ3) is 2.99. The van der Waals surface area contributed by atoms with Crippen molar-refractivity contribution in [2.24, 2.45) is 0 Å². The second-order valence-electron chi connectivity index (χ2n) is 6.64. The lowest BCUT2D eigenvalue weighted by Gasteiger charge is -2.33. The van der Waals surface area contributed by atoms with Crippen LogP contribution in [-0.4, -0.2) is 46.2 Å². The van der Waals surface area contributed by atoms with E-state index in [9.17, 15) is 9.59 Å². The van der Waals surface area contributed by atoms with Crippen LogP contribution in [0.4, 0.5) is 10.5 Å². The molecule has 1 atom stereocenters. The average Bonchev–Trinajstić information content (AvgIpc) is 2.75. The van der Waals surface area contributed by atoms with Crippen molar-refractivity contribution >= 4 is 33.6 Å². The van der Waals surface area contributed by atoms with Crippen LogP contribution in [0.1, 0.15) is 27.2 Å². The number of carbonyl (C=O) groups excluding carboxylic acids is 2. The number of pyridine rings is 1. The molecule has 1 N–H and O–H groups in total. The largest absolute Gasteiger partial charge is 0.457 e. The van der Waals surface area contributed by atoms with Crippen molar-refractivity contribution in [1.29, 1.82) is 0 Å². The Bertz CT molecular complexity index is 673. The normalized spacial score (nSPS) is 23.3. The Kier molecular flexibility index (Phi) is 3.74. The summed E-state index contributed by atoms with van der Waals surface area (Å²) < 4.78 is 12.0. The Balaban J connectivity index is 1.79. The van der Waals surface area contributed by atoms with E-state index in [-0.39, 0.29) is 13.1 Å². The molecule has 23 heavy (non-hydrogen) atoms. The summed E-state index contributed by atoms with van der Waals surface area (Å²) in [4.78, 5) is 30.2. The molecular formula is C15H18BrN3O4. The molecule has 2 amide bonds. The number of aromatic nitrogens is 1. The van der Waals surface area contributed by atoms with Gasteiger partial charge in [0.15, 0.2) is 0 Å². The SMILES string of the molecule is CC(C)(C)OC(=O)N1CCC2(CNc3cc(Br)cnc3O2)C1=O. The zero-order valence-corrected chi connectivity index (χ0v) is 14.8. The van der Waals surface area contributed by atoms with Gasteiger partial charge < -0.3 is 14.8 Å². The van der Waals surface area contributed by atoms with Gasteiger partial charge in [0.1, 0.15) is 5.60 Å². The molecule has 1 aromatic rings. The molecule has 1 fully saturated rings. The fraction of sp³-hybridized carbons (Fsp3) is 0.533. The molecule has 1 unspecified atom stereocenters. The maximum atomic E-state index is 12.7. The first-order valence-electron chi connectivity index (χ1n) is 7.34. The van der Waals surface area contributed by atoms with E-state index in [2.05, 4.69) is 26.2 Å². The van der Waals surface area contributed by atoms with Crippen molar-refractivity contribution < 1.29 is 19.1 Å². The van der Waals surface area contributed by atoms with E-state index in [4.69, 9.17) is 9.47 Å². The summed E-state index contributed by atoms with van der Waals surface area (Å²) in [6.07, 6.45) is 1.36. The smallest absolute Gasteiger partial charge is 0.417 e. The second-order valence-corrected chi connectivity index (χ2v) is 7.56. The summed E-state index contributed by atoms with van der Waals surface area (Å²) in [6, 6.07) is 1.83. The molecule has 8 heteroatoms. The van der Waals surface area contributed by atoms with Crippen LogP contribution in [0.15, 0.2) is 16.7 Å². The van der Waals surface area contributed by atoms with E-state index < -0.39 is 23.2 Å². The van der Waals surface area contributed by atoms with Crippen LogP contribution in [0.3, 0.4) is 0 Å². The first kappa shape index (κ1) is 16.0. The number of hydrogen-bond donors (Lipinski definition) is 1. The van der Waals surface area contributed by atoms with Crippen LogP contribution >= 0.6 is 15.9 Å². The minimum absolute atomic E-state index is 0.265. The lowest BCUT2D eigenvalue weighted by Crippen LogP contribution is -2.53. The Morgan fingerprint density at radius 3 is 2.96 bits per heavy atom. The predicted molar refractivity (Wildman–Crippen MR) is 86.3 cm³/mol. The molecule has 2 aliphatic heterocycles. The molecule has 3 heterocycles. The fourth-order valence-corrected chi connectivity index (χ4v) is 2.92. The van der Waals surface area contributed by atoms with Crippen molar-refractivity contribution in [2.75, 3.05) is 18.4 Å². The van der Waals surface area contributed by atoms with Crippen LogP contribution in [0, 0.1) is 0 Å². The van der Waals surface area contributed by atoms with Gasteiger partial charge in [0.2, 0.25) is 11.5 Å². The number of hydrogen-bond acceptors (Lipinski definition) is 6. The average molecular weight is 384 g/mol. The van der Waals surface area contributed by atoms with Crippen LogP contribution in [-0.2, 0) is 9.53 Å². The van der Waals surface area contributed by atoms with E-state index in [0.717, 1.165) is 9.37 Å². The Morgan fingerprint density at radius 1 is 1.52 bits per heavy atom. The number of halogens is 1. The lowest BCUT2D eigenvalue weighted by molar-refractivity contribution is -0.139. The standard InChI is InChI=1S/C15H18BrN3O4/c1-14(2,3)23-13(21)19-5-4-15(12(19)20)8-18-10-6-9(16)7-17-11(10)22-15/h6-7,18H,4-5,8H2,1-3H3. The highest BCUT2D eigenvalue weighted by Crippen LogP contribution is 2.38. The lowest BCUT2D eigenvalue weighted by atomic mass is 10.0. The molecule has 0 aromatic carbocycles. The van der Waals surface area contributed by atoms with Gasteiger partial charge in [0.05, 0.1) is 12.2 Å². The number of anilines is 1. The van der Waals surface area contributed by atoms with Gasteiger partial charge in [-0.15, -0.1) is 0 Å². The molecule has 7 nitrogen and oxygen atoms in total. The summed E-state index contributed by atoms with van der Waals surface area (Å²) in [5, 5.41) is 3.16. The molecule has 2 aliphatic rings. The van der Waals surface area contributed by atoms with Crippen molar-refractivity contribution in [2.45, 2.75) is 38.4 Å². The number of nitrogens with one attached hydrogen (secondary N) is 1. The molecule has 3 rings (SSSR count). The summed E-state index contributed by atoms with van der Waals surface area (Å²) in [6.45, 7) is 5.84. The van der Waals surface area contributed by atoms with Gasteiger partial charge in [0.25, 0.3) is 5.91 Å². The number of amides is 2. The molecule has 1 saturated heterocycles. The zero-order valence-electron chi connectivity index (χ0n) is 13.2. The molecule has 0 aliphatic carbocycles. The fourth-order valence-electron chi connectivity index (χ4n) is 2.59. The molecule has 0 saturated carbocycles. The van der Waals surface area contributed by atoms with Crippen LogP contribution in [0.25, 0.3) is 0 Å². The number of rotatable bonds is 0.